The van der Waals surface area contributed by atoms with Gasteiger partial charge in [-0.05, 0) is 18.6 Å². The average Bonchev–Trinajstić information content (AvgIpc) is 3.16. The molecule has 1 aromatic carbocycles. The van der Waals surface area contributed by atoms with E-state index >= 15 is 0 Å². The molecule has 0 aromatic heterocycles. The number of aryl methyl sites for hydroxylation is 1. The molecular formula is C17H21N3O3S. The molecule has 2 heterocycles. The van der Waals surface area contributed by atoms with E-state index in [1.165, 1.54) is 0 Å². The van der Waals surface area contributed by atoms with Gasteiger partial charge in [0.05, 0.1) is 11.8 Å². The van der Waals surface area contributed by atoms with Gasteiger partial charge in [0.15, 0.2) is 0 Å². The van der Waals surface area contributed by atoms with Crippen molar-refractivity contribution in [1.29, 1.82) is 0 Å². The summed E-state index contributed by atoms with van der Waals surface area (Å²) in [6.45, 7) is 2.37. The second-order valence-corrected chi connectivity index (χ2v) is 7.30. The molecule has 2 saturated heterocycles. The number of amides is 3. The smallest absolute Gasteiger partial charge is 0.248 e. The fraction of sp³-hybridized carbons (Fsp3) is 0.471. The predicted molar refractivity (Wildman–Crippen MR) is 93.5 cm³/mol. The summed E-state index contributed by atoms with van der Waals surface area (Å²) < 4.78 is 0. The summed E-state index contributed by atoms with van der Waals surface area (Å²) in [6, 6.07) is 7.09. The van der Waals surface area contributed by atoms with Crippen molar-refractivity contribution < 1.29 is 14.4 Å². The molecule has 0 spiro atoms. The molecule has 3 rings (SSSR count). The monoisotopic (exact) mass is 347 g/mol. The zero-order chi connectivity index (χ0) is 17.3. The van der Waals surface area contributed by atoms with Crippen LogP contribution < -0.4 is 5.32 Å². The Bertz CT molecular complexity index is 679. The van der Waals surface area contributed by atoms with Gasteiger partial charge in [-0.15, -0.1) is 11.8 Å². The largest absolute Gasteiger partial charge is 0.345 e. The molecular weight excluding hydrogens is 326 g/mol. The van der Waals surface area contributed by atoms with Crippen molar-refractivity contribution in [1.82, 2.24) is 9.80 Å². The van der Waals surface area contributed by atoms with Gasteiger partial charge in [-0.25, -0.2) is 0 Å². The Morgan fingerprint density at radius 3 is 2.71 bits per heavy atom. The van der Waals surface area contributed by atoms with Crippen molar-refractivity contribution in [3.8, 4) is 0 Å². The Labute approximate surface area is 145 Å². The number of anilines is 1. The van der Waals surface area contributed by atoms with Crippen LogP contribution in [0.15, 0.2) is 24.3 Å². The fourth-order valence-electron chi connectivity index (χ4n) is 3.07. The van der Waals surface area contributed by atoms with E-state index in [4.69, 9.17) is 0 Å². The van der Waals surface area contributed by atoms with Crippen molar-refractivity contribution >= 4 is 35.2 Å². The summed E-state index contributed by atoms with van der Waals surface area (Å²) >= 11 is 1.57. The van der Waals surface area contributed by atoms with Crippen LogP contribution in [0.3, 0.4) is 0 Å². The van der Waals surface area contributed by atoms with Gasteiger partial charge in [0, 0.05) is 31.5 Å². The molecule has 128 valence electrons. The van der Waals surface area contributed by atoms with E-state index in [2.05, 4.69) is 5.32 Å². The highest BCUT2D eigenvalue weighted by Gasteiger charge is 2.41. The number of para-hydroxylation sites is 1. The van der Waals surface area contributed by atoms with E-state index in [1.54, 1.807) is 28.6 Å². The van der Waals surface area contributed by atoms with Crippen LogP contribution in [0.2, 0.25) is 0 Å². The maximum Gasteiger partial charge on any atom is 0.248 e. The standard InChI is InChI=1S/C17H21N3O3S/c1-11-5-3-4-6-13(11)18-16(22)14-9-24-10-20(14)17(23)12-7-15(21)19(2)8-12/h3-6,12,14H,7-10H2,1-2H3,(H,18,22). The molecule has 1 N–H and O–H groups in total. The molecule has 0 radical (unpaired) electrons. The molecule has 7 heteroatoms. The second-order valence-electron chi connectivity index (χ2n) is 6.30. The first-order valence-corrected chi connectivity index (χ1v) is 9.11. The van der Waals surface area contributed by atoms with E-state index in [0.717, 1.165) is 11.3 Å². The van der Waals surface area contributed by atoms with Crippen LogP contribution in [0.25, 0.3) is 0 Å². The minimum atomic E-state index is -0.483. The molecule has 2 unspecified atom stereocenters. The van der Waals surface area contributed by atoms with Crippen molar-refractivity contribution in [2.24, 2.45) is 5.92 Å². The summed E-state index contributed by atoms with van der Waals surface area (Å²) in [7, 11) is 1.71. The van der Waals surface area contributed by atoms with Crippen LogP contribution in [-0.4, -0.2) is 58.8 Å². The minimum Gasteiger partial charge on any atom is -0.345 e. The Hall–Kier alpha value is -2.02. The Balaban J connectivity index is 1.69. The van der Waals surface area contributed by atoms with Gasteiger partial charge in [0.2, 0.25) is 17.7 Å². The highest BCUT2D eigenvalue weighted by atomic mass is 32.2. The normalized spacial score (nSPS) is 23.7. The third-order valence-corrected chi connectivity index (χ3v) is 5.57. The molecule has 0 bridgehead atoms. The van der Waals surface area contributed by atoms with Crippen LogP contribution in [0.4, 0.5) is 5.69 Å². The van der Waals surface area contributed by atoms with Crippen molar-refractivity contribution in [3.63, 3.8) is 0 Å². The van der Waals surface area contributed by atoms with Crippen LogP contribution in [0, 0.1) is 12.8 Å². The molecule has 2 aliphatic rings. The summed E-state index contributed by atoms with van der Waals surface area (Å²) in [5.74, 6) is 0.470. The maximum absolute atomic E-state index is 12.7. The van der Waals surface area contributed by atoms with Gasteiger partial charge < -0.3 is 15.1 Å². The predicted octanol–water partition coefficient (Wildman–Crippen LogP) is 1.31. The second kappa shape index (κ2) is 6.84. The number of carbonyl (C=O) groups excluding carboxylic acids is 3. The topological polar surface area (TPSA) is 69.7 Å². The highest BCUT2D eigenvalue weighted by molar-refractivity contribution is 7.99. The zero-order valence-corrected chi connectivity index (χ0v) is 14.6. The first-order chi connectivity index (χ1) is 11.5. The van der Waals surface area contributed by atoms with Crippen LogP contribution in [0.5, 0.6) is 0 Å². The Morgan fingerprint density at radius 1 is 1.29 bits per heavy atom. The number of nitrogens with one attached hydrogen (secondary N) is 1. The quantitative estimate of drug-likeness (QED) is 0.895. The molecule has 2 atom stereocenters. The number of benzene rings is 1. The van der Waals surface area contributed by atoms with Crippen molar-refractivity contribution in [2.45, 2.75) is 19.4 Å². The van der Waals surface area contributed by atoms with Gasteiger partial charge in [-0.1, -0.05) is 18.2 Å². The van der Waals surface area contributed by atoms with Crippen LogP contribution in [0.1, 0.15) is 12.0 Å². The maximum atomic E-state index is 12.7. The summed E-state index contributed by atoms with van der Waals surface area (Å²) in [4.78, 5) is 40.2. The zero-order valence-electron chi connectivity index (χ0n) is 13.8. The number of nitrogens with zero attached hydrogens (tertiary/aromatic N) is 2. The number of hydrogen-bond acceptors (Lipinski definition) is 4. The Morgan fingerprint density at radius 2 is 2.04 bits per heavy atom. The number of hydrogen-bond donors (Lipinski definition) is 1. The minimum absolute atomic E-state index is 0.0129. The van der Waals surface area contributed by atoms with Gasteiger partial charge in [0.1, 0.15) is 6.04 Å². The third kappa shape index (κ3) is 3.26. The van der Waals surface area contributed by atoms with Gasteiger partial charge in [0.25, 0.3) is 0 Å². The number of carbonyl (C=O) groups is 3. The summed E-state index contributed by atoms with van der Waals surface area (Å²) in [5, 5.41) is 2.92. The van der Waals surface area contributed by atoms with Crippen LogP contribution in [-0.2, 0) is 14.4 Å². The lowest BCUT2D eigenvalue weighted by molar-refractivity contribution is -0.139. The molecule has 2 aliphatic heterocycles. The Kier molecular flexibility index (Phi) is 4.80. The van der Waals surface area contributed by atoms with Crippen molar-refractivity contribution in [3.05, 3.63) is 29.8 Å². The summed E-state index contributed by atoms with van der Waals surface area (Å²) in [5.41, 5.74) is 1.75. The molecule has 6 nitrogen and oxygen atoms in total. The molecule has 0 aliphatic carbocycles. The van der Waals surface area contributed by atoms with Crippen LogP contribution >= 0.6 is 11.8 Å². The van der Waals surface area contributed by atoms with Crippen molar-refractivity contribution in [2.75, 3.05) is 30.5 Å². The first-order valence-electron chi connectivity index (χ1n) is 7.96. The highest BCUT2D eigenvalue weighted by Crippen LogP contribution is 2.27. The van der Waals surface area contributed by atoms with E-state index in [0.29, 0.717) is 18.2 Å². The molecule has 2 fully saturated rings. The SMILES string of the molecule is Cc1ccccc1NC(=O)C1CSCN1C(=O)C1CC(=O)N(C)C1. The van der Waals surface area contributed by atoms with E-state index < -0.39 is 6.04 Å². The molecule has 3 amide bonds. The van der Waals surface area contributed by atoms with E-state index in [-0.39, 0.29) is 30.1 Å². The molecule has 1 aromatic rings. The number of thioether (sulfide) groups is 1. The fourth-order valence-corrected chi connectivity index (χ4v) is 4.23. The van der Waals surface area contributed by atoms with Gasteiger partial charge >= 0.3 is 0 Å². The van der Waals surface area contributed by atoms with Gasteiger partial charge in [-0.3, -0.25) is 14.4 Å². The molecule has 24 heavy (non-hydrogen) atoms. The third-order valence-electron chi connectivity index (χ3n) is 4.56. The number of likely N-dealkylation sites (tertiary alicyclic amines) is 1. The lowest BCUT2D eigenvalue weighted by Gasteiger charge is -2.25. The lowest BCUT2D eigenvalue weighted by atomic mass is 10.1. The number of rotatable bonds is 3. The lowest BCUT2D eigenvalue weighted by Crippen LogP contribution is -2.47. The average molecular weight is 347 g/mol. The van der Waals surface area contributed by atoms with E-state index in [1.807, 2.05) is 31.2 Å². The molecule has 0 saturated carbocycles. The van der Waals surface area contributed by atoms with Gasteiger partial charge in [-0.2, -0.15) is 0 Å². The van der Waals surface area contributed by atoms with E-state index in [9.17, 15) is 14.4 Å². The first kappa shape index (κ1) is 16.8. The summed E-state index contributed by atoms with van der Waals surface area (Å²) in [6.07, 6.45) is 0.239.